The summed E-state index contributed by atoms with van der Waals surface area (Å²) >= 11 is 2.47. The second kappa shape index (κ2) is 4.02. The average molecular weight is 322 g/mol. The lowest BCUT2D eigenvalue weighted by atomic mass is 9.69. The lowest BCUT2D eigenvalue weighted by Gasteiger charge is -2.36. The Balaban J connectivity index is 2.18. The zero-order valence-electron chi connectivity index (χ0n) is 9.36. The summed E-state index contributed by atoms with van der Waals surface area (Å²) in [6.45, 7) is 2.38. The van der Waals surface area contributed by atoms with Crippen molar-refractivity contribution >= 4 is 26.2 Å². The van der Waals surface area contributed by atoms with Crippen LogP contribution in [0.15, 0.2) is 42.5 Å². The normalized spacial score (nSPS) is 31.6. The maximum Gasteiger partial charge on any atom is 0.0171 e. The highest BCUT2D eigenvalue weighted by Crippen LogP contribution is 2.47. The predicted octanol–water partition coefficient (Wildman–Crippen LogP) is 4.77. The summed E-state index contributed by atoms with van der Waals surface area (Å²) in [7, 11) is 0. The van der Waals surface area contributed by atoms with E-state index in [1.807, 2.05) is 0 Å². The minimum absolute atomic E-state index is 0.616. The topological polar surface area (TPSA) is 0 Å². The van der Waals surface area contributed by atoms with Crippen LogP contribution < -0.4 is 0 Å². The number of benzene rings is 1. The molecule has 3 atom stereocenters. The van der Waals surface area contributed by atoms with Gasteiger partial charge in [-0.3, -0.25) is 0 Å². The van der Waals surface area contributed by atoms with Gasteiger partial charge in [0.15, 0.2) is 0 Å². The average Bonchev–Trinajstić information content (AvgIpc) is 2.29. The highest BCUT2D eigenvalue weighted by molar-refractivity contribution is 14.1. The van der Waals surface area contributed by atoms with Gasteiger partial charge >= 0.3 is 0 Å². The van der Waals surface area contributed by atoms with E-state index in [9.17, 15) is 0 Å². The fraction of sp³-hybridized carbons (Fsp3) is 0.333. The van der Waals surface area contributed by atoms with Crippen molar-refractivity contribution in [2.75, 3.05) is 0 Å². The van der Waals surface area contributed by atoms with Crippen LogP contribution in [0.1, 0.15) is 30.4 Å². The second-order valence-corrected chi connectivity index (χ2v) is 6.01. The van der Waals surface area contributed by atoms with Gasteiger partial charge in [-0.15, -0.1) is 0 Å². The van der Waals surface area contributed by atoms with Crippen LogP contribution in [0, 0.1) is 11.8 Å². The third-order valence-electron chi connectivity index (χ3n) is 3.81. The highest BCUT2D eigenvalue weighted by atomic mass is 127. The van der Waals surface area contributed by atoms with E-state index in [2.05, 4.69) is 72.0 Å². The van der Waals surface area contributed by atoms with Crippen molar-refractivity contribution < 1.29 is 0 Å². The lowest BCUT2D eigenvalue weighted by molar-refractivity contribution is 0.393. The lowest BCUT2D eigenvalue weighted by Crippen LogP contribution is -2.23. The summed E-state index contributed by atoms with van der Waals surface area (Å²) in [5, 5.41) is 0. The standard InChI is InChI=1S/C15H15I/c1-10-5-4-6-11-9-14(16)12-7-2-3-8-13(12)15(10)11/h2-4,6-11,15H,5H2,1H3/t10-,11?,15-/m0/s1. The van der Waals surface area contributed by atoms with Crippen molar-refractivity contribution in [1.82, 2.24) is 0 Å². The molecule has 0 amide bonds. The number of hydrogen-bond acceptors (Lipinski definition) is 0. The smallest absolute Gasteiger partial charge is 0.0171 e. The molecule has 2 aliphatic carbocycles. The van der Waals surface area contributed by atoms with Gasteiger partial charge in [-0.25, -0.2) is 0 Å². The summed E-state index contributed by atoms with van der Waals surface area (Å²) in [5.74, 6) is 2.07. The molecule has 0 saturated heterocycles. The highest BCUT2D eigenvalue weighted by Gasteiger charge is 2.32. The Morgan fingerprint density at radius 2 is 2.06 bits per heavy atom. The van der Waals surface area contributed by atoms with Gasteiger partial charge in [-0.1, -0.05) is 49.4 Å². The number of hydrogen-bond donors (Lipinski definition) is 0. The van der Waals surface area contributed by atoms with Crippen molar-refractivity contribution in [3.63, 3.8) is 0 Å². The maximum atomic E-state index is 2.47. The molecule has 0 aliphatic heterocycles. The van der Waals surface area contributed by atoms with E-state index in [-0.39, 0.29) is 0 Å². The van der Waals surface area contributed by atoms with Crippen molar-refractivity contribution in [3.05, 3.63) is 53.6 Å². The zero-order valence-corrected chi connectivity index (χ0v) is 11.5. The van der Waals surface area contributed by atoms with Crippen LogP contribution in [-0.2, 0) is 0 Å². The molecule has 0 nitrogen and oxygen atoms in total. The molecule has 0 heterocycles. The number of allylic oxidation sites excluding steroid dienone is 3. The van der Waals surface area contributed by atoms with Gasteiger partial charge in [-0.2, -0.15) is 0 Å². The monoisotopic (exact) mass is 322 g/mol. The molecule has 0 aromatic heterocycles. The minimum atomic E-state index is 0.616. The first kappa shape index (κ1) is 10.6. The van der Waals surface area contributed by atoms with Crippen molar-refractivity contribution in [2.45, 2.75) is 19.3 Å². The first-order valence-corrected chi connectivity index (χ1v) is 6.98. The van der Waals surface area contributed by atoms with Crippen LogP contribution in [0.25, 0.3) is 3.58 Å². The molecule has 16 heavy (non-hydrogen) atoms. The molecule has 0 N–H and O–H groups in total. The van der Waals surface area contributed by atoms with Gasteiger partial charge in [0.1, 0.15) is 0 Å². The summed E-state index contributed by atoms with van der Waals surface area (Å²) in [5.41, 5.74) is 3.00. The first-order valence-electron chi connectivity index (χ1n) is 5.90. The molecule has 0 spiro atoms. The van der Waals surface area contributed by atoms with Gasteiger partial charge < -0.3 is 0 Å². The van der Waals surface area contributed by atoms with E-state index >= 15 is 0 Å². The van der Waals surface area contributed by atoms with Crippen LogP contribution in [0.5, 0.6) is 0 Å². The SMILES string of the molecule is C[C@H]1CC=CC2C=C(I)c3ccccc3[C@H]21. The molecule has 0 saturated carbocycles. The molecule has 0 radical (unpaired) electrons. The van der Waals surface area contributed by atoms with E-state index in [4.69, 9.17) is 0 Å². The molecule has 1 aromatic rings. The van der Waals surface area contributed by atoms with E-state index < -0.39 is 0 Å². The number of halogens is 1. The van der Waals surface area contributed by atoms with Crippen molar-refractivity contribution in [1.29, 1.82) is 0 Å². The quantitative estimate of drug-likeness (QED) is 0.477. The molecule has 1 unspecified atom stereocenters. The fourth-order valence-electron chi connectivity index (χ4n) is 3.03. The third kappa shape index (κ3) is 1.56. The van der Waals surface area contributed by atoms with Gasteiger partial charge in [0.25, 0.3) is 0 Å². The Kier molecular flexibility index (Phi) is 2.66. The van der Waals surface area contributed by atoms with Crippen molar-refractivity contribution in [3.8, 4) is 0 Å². The largest absolute Gasteiger partial charge is 0.0876 e. The van der Waals surface area contributed by atoms with Crippen LogP contribution in [0.2, 0.25) is 0 Å². The fourth-order valence-corrected chi connectivity index (χ4v) is 3.94. The molecule has 1 aromatic carbocycles. The molecular weight excluding hydrogens is 307 g/mol. The van der Waals surface area contributed by atoms with Crippen molar-refractivity contribution in [2.24, 2.45) is 11.8 Å². The van der Waals surface area contributed by atoms with E-state index in [1.54, 1.807) is 5.56 Å². The Bertz CT molecular complexity index is 470. The molecule has 0 fully saturated rings. The molecule has 2 aliphatic rings. The summed E-state index contributed by atoms with van der Waals surface area (Å²) in [6, 6.07) is 8.90. The van der Waals surface area contributed by atoms with E-state index in [0.29, 0.717) is 11.8 Å². The second-order valence-electron chi connectivity index (χ2n) is 4.85. The van der Waals surface area contributed by atoms with Crippen LogP contribution in [0.3, 0.4) is 0 Å². The Morgan fingerprint density at radius 3 is 2.94 bits per heavy atom. The maximum absolute atomic E-state index is 2.47. The van der Waals surface area contributed by atoms with E-state index in [1.165, 1.54) is 15.6 Å². The predicted molar refractivity (Wildman–Crippen MR) is 77.6 cm³/mol. The molecule has 0 bridgehead atoms. The van der Waals surface area contributed by atoms with Gasteiger partial charge in [0, 0.05) is 9.50 Å². The van der Waals surface area contributed by atoms with Crippen LogP contribution in [-0.4, -0.2) is 0 Å². The summed E-state index contributed by atoms with van der Waals surface area (Å²) in [4.78, 5) is 0. The van der Waals surface area contributed by atoms with E-state index in [0.717, 1.165) is 5.92 Å². The van der Waals surface area contributed by atoms with Gasteiger partial charge in [0.05, 0.1) is 0 Å². The summed E-state index contributed by atoms with van der Waals surface area (Å²) < 4.78 is 1.41. The Morgan fingerprint density at radius 1 is 1.25 bits per heavy atom. The number of rotatable bonds is 0. The number of fused-ring (bicyclic) bond motifs is 3. The van der Waals surface area contributed by atoms with Gasteiger partial charge in [-0.05, 0) is 52.0 Å². The summed E-state index contributed by atoms with van der Waals surface area (Å²) in [6.07, 6.45) is 8.39. The van der Waals surface area contributed by atoms with Crippen LogP contribution in [0.4, 0.5) is 0 Å². The third-order valence-corrected chi connectivity index (χ3v) is 4.75. The van der Waals surface area contributed by atoms with Crippen LogP contribution >= 0.6 is 22.6 Å². The Hall–Kier alpha value is -0.570. The molecule has 1 heteroatoms. The minimum Gasteiger partial charge on any atom is -0.0876 e. The molecule has 3 rings (SSSR count). The Labute approximate surface area is 111 Å². The zero-order chi connectivity index (χ0) is 11.1. The van der Waals surface area contributed by atoms with Gasteiger partial charge in [0.2, 0.25) is 0 Å². The first-order chi connectivity index (χ1) is 7.77. The molecule has 82 valence electrons. The molecular formula is C15H15I.